The molecule has 4 rings (SSSR count). The standard InChI is InChI=1S/C25H26ClN3O5S2/c1-2-34-25(31)24-21(16-22(35-24)18-8-10-19(26)11-9-18)27-23(30)17-28-12-14-29(15-13-28)36(32,33)20-6-4-3-5-7-20/h3-11,16H,2,12-15,17H2,1H3,(H,27,30). The van der Waals surface area contributed by atoms with Gasteiger partial charge in [0.1, 0.15) is 4.88 Å². The highest BCUT2D eigenvalue weighted by molar-refractivity contribution is 7.89. The molecule has 1 aliphatic heterocycles. The van der Waals surface area contributed by atoms with Gasteiger partial charge in [-0.2, -0.15) is 4.31 Å². The fourth-order valence-corrected chi connectivity index (χ4v) is 6.43. The van der Waals surface area contributed by atoms with E-state index in [-0.39, 0.29) is 37.0 Å². The van der Waals surface area contributed by atoms with Crippen molar-refractivity contribution >= 4 is 50.5 Å². The monoisotopic (exact) mass is 547 g/mol. The van der Waals surface area contributed by atoms with Gasteiger partial charge >= 0.3 is 5.97 Å². The average Bonchev–Trinajstić information content (AvgIpc) is 3.29. The number of hydrogen-bond donors (Lipinski definition) is 1. The lowest BCUT2D eigenvalue weighted by Crippen LogP contribution is -2.50. The summed E-state index contributed by atoms with van der Waals surface area (Å²) in [5.41, 5.74) is 1.25. The Bertz CT molecular complexity index is 1320. The summed E-state index contributed by atoms with van der Waals surface area (Å²) >= 11 is 7.22. The predicted octanol–water partition coefficient (Wildman–Crippen LogP) is 4.19. The van der Waals surface area contributed by atoms with Crippen molar-refractivity contribution in [2.75, 3.05) is 44.6 Å². The number of hydrogen-bond acceptors (Lipinski definition) is 7. The number of carbonyl (C=O) groups is 2. The van der Waals surface area contributed by atoms with Gasteiger partial charge in [-0.15, -0.1) is 11.3 Å². The molecule has 0 spiro atoms. The number of nitrogens with zero attached hydrogens (tertiary/aromatic N) is 2. The molecule has 1 aromatic heterocycles. The predicted molar refractivity (Wildman–Crippen MR) is 141 cm³/mol. The third kappa shape index (κ3) is 6.13. The smallest absolute Gasteiger partial charge is 0.350 e. The van der Waals surface area contributed by atoms with Gasteiger partial charge in [-0.1, -0.05) is 41.9 Å². The van der Waals surface area contributed by atoms with E-state index in [4.69, 9.17) is 16.3 Å². The normalized spacial score (nSPS) is 14.9. The lowest BCUT2D eigenvalue weighted by Gasteiger charge is -2.33. The highest BCUT2D eigenvalue weighted by Gasteiger charge is 2.29. The van der Waals surface area contributed by atoms with Crippen LogP contribution in [-0.4, -0.2) is 68.8 Å². The molecule has 0 aliphatic carbocycles. The Morgan fingerprint density at radius 2 is 1.69 bits per heavy atom. The zero-order valence-corrected chi connectivity index (χ0v) is 22.0. The molecule has 3 aromatic rings. The van der Waals surface area contributed by atoms with E-state index in [0.29, 0.717) is 28.7 Å². The largest absolute Gasteiger partial charge is 0.462 e. The van der Waals surface area contributed by atoms with E-state index in [1.54, 1.807) is 55.5 Å². The van der Waals surface area contributed by atoms with Crippen LogP contribution in [0.5, 0.6) is 0 Å². The third-order valence-electron chi connectivity index (χ3n) is 5.68. The number of amides is 1. The molecule has 0 radical (unpaired) electrons. The van der Waals surface area contributed by atoms with Crippen molar-refractivity contribution in [3.8, 4) is 10.4 Å². The molecule has 1 N–H and O–H groups in total. The molecule has 1 aliphatic rings. The van der Waals surface area contributed by atoms with Crippen LogP contribution in [0.15, 0.2) is 65.6 Å². The molecule has 11 heteroatoms. The Kier molecular flexibility index (Phi) is 8.43. The third-order valence-corrected chi connectivity index (χ3v) is 9.00. The first-order chi connectivity index (χ1) is 17.3. The molecule has 0 unspecified atom stereocenters. The SMILES string of the molecule is CCOC(=O)c1sc(-c2ccc(Cl)cc2)cc1NC(=O)CN1CCN(S(=O)(=O)c2ccccc2)CC1. The number of benzene rings is 2. The number of carbonyl (C=O) groups excluding carboxylic acids is 2. The van der Waals surface area contributed by atoms with Crippen molar-refractivity contribution in [1.82, 2.24) is 9.21 Å². The number of piperazine rings is 1. The Labute approximate surface area is 219 Å². The van der Waals surface area contributed by atoms with Gasteiger partial charge in [-0.25, -0.2) is 13.2 Å². The van der Waals surface area contributed by atoms with Gasteiger partial charge in [0.25, 0.3) is 0 Å². The highest BCUT2D eigenvalue weighted by atomic mass is 35.5. The maximum atomic E-state index is 12.9. The number of halogens is 1. The van der Waals surface area contributed by atoms with Crippen LogP contribution in [0.25, 0.3) is 10.4 Å². The van der Waals surface area contributed by atoms with Gasteiger partial charge in [-0.3, -0.25) is 9.69 Å². The summed E-state index contributed by atoms with van der Waals surface area (Å²) in [5, 5.41) is 3.44. The lowest BCUT2D eigenvalue weighted by molar-refractivity contribution is -0.117. The lowest BCUT2D eigenvalue weighted by atomic mass is 10.2. The number of ether oxygens (including phenoxy) is 1. The summed E-state index contributed by atoms with van der Waals surface area (Å²) in [6, 6.07) is 17.3. The average molecular weight is 548 g/mol. The van der Waals surface area contributed by atoms with Crippen molar-refractivity contribution in [1.29, 1.82) is 0 Å². The van der Waals surface area contributed by atoms with E-state index < -0.39 is 16.0 Å². The zero-order valence-electron chi connectivity index (χ0n) is 19.6. The second-order valence-corrected chi connectivity index (χ2v) is 11.5. The molecule has 0 saturated carbocycles. The molecule has 190 valence electrons. The Hall–Kier alpha value is -2.76. The molecule has 0 bridgehead atoms. The summed E-state index contributed by atoms with van der Waals surface area (Å²) in [6.45, 7) is 3.44. The molecule has 8 nitrogen and oxygen atoms in total. The molecule has 2 heterocycles. The van der Waals surface area contributed by atoms with Crippen molar-refractivity contribution in [3.05, 3.63) is 70.6 Å². The molecule has 2 aromatic carbocycles. The van der Waals surface area contributed by atoms with Gasteiger partial charge < -0.3 is 10.1 Å². The molecule has 36 heavy (non-hydrogen) atoms. The minimum atomic E-state index is -3.56. The molecule has 1 fully saturated rings. The number of esters is 1. The van der Waals surface area contributed by atoms with Gasteiger partial charge in [0.05, 0.1) is 23.7 Å². The van der Waals surface area contributed by atoms with E-state index in [1.165, 1.54) is 15.6 Å². The van der Waals surface area contributed by atoms with Gasteiger partial charge in [0.15, 0.2) is 0 Å². The van der Waals surface area contributed by atoms with Crippen LogP contribution in [0.4, 0.5) is 5.69 Å². The Morgan fingerprint density at radius 3 is 2.33 bits per heavy atom. The second-order valence-electron chi connectivity index (χ2n) is 8.12. The summed E-state index contributed by atoms with van der Waals surface area (Å²) in [4.78, 5) is 28.6. The summed E-state index contributed by atoms with van der Waals surface area (Å²) in [7, 11) is -3.56. The summed E-state index contributed by atoms with van der Waals surface area (Å²) < 4.78 is 32.3. The maximum Gasteiger partial charge on any atom is 0.350 e. The van der Waals surface area contributed by atoms with E-state index in [9.17, 15) is 18.0 Å². The fraction of sp³-hybridized carbons (Fsp3) is 0.280. The number of sulfonamides is 1. The van der Waals surface area contributed by atoms with Crippen molar-refractivity contribution in [3.63, 3.8) is 0 Å². The van der Waals surface area contributed by atoms with Crippen LogP contribution in [-0.2, 0) is 19.6 Å². The first-order valence-corrected chi connectivity index (χ1v) is 14.1. The van der Waals surface area contributed by atoms with Gasteiger partial charge in [0, 0.05) is 36.1 Å². The van der Waals surface area contributed by atoms with E-state index in [1.807, 2.05) is 17.0 Å². The minimum Gasteiger partial charge on any atom is -0.462 e. The number of rotatable bonds is 8. The first kappa shape index (κ1) is 26.3. The fourth-order valence-electron chi connectivity index (χ4n) is 3.85. The summed E-state index contributed by atoms with van der Waals surface area (Å²) in [5.74, 6) is -0.793. The van der Waals surface area contributed by atoms with E-state index in [0.717, 1.165) is 10.4 Å². The highest BCUT2D eigenvalue weighted by Crippen LogP contribution is 2.36. The maximum absolute atomic E-state index is 12.9. The van der Waals surface area contributed by atoms with Crippen LogP contribution < -0.4 is 5.32 Å². The van der Waals surface area contributed by atoms with Crippen LogP contribution in [0.3, 0.4) is 0 Å². The topological polar surface area (TPSA) is 96.0 Å². The summed E-state index contributed by atoms with van der Waals surface area (Å²) in [6.07, 6.45) is 0. The Balaban J connectivity index is 1.41. The number of nitrogens with one attached hydrogen (secondary N) is 1. The van der Waals surface area contributed by atoms with Crippen LogP contribution in [0.2, 0.25) is 5.02 Å². The van der Waals surface area contributed by atoms with Crippen LogP contribution in [0.1, 0.15) is 16.6 Å². The van der Waals surface area contributed by atoms with Gasteiger partial charge in [0.2, 0.25) is 15.9 Å². The van der Waals surface area contributed by atoms with Crippen molar-refractivity contribution < 1.29 is 22.7 Å². The van der Waals surface area contributed by atoms with Crippen LogP contribution in [0, 0.1) is 0 Å². The molecule has 1 saturated heterocycles. The molecule has 1 amide bonds. The molecular formula is C25H26ClN3O5S2. The van der Waals surface area contributed by atoms with Crippen LogP contribution >= 0.6 is 22.9 Å². The minimum absolute atomic E-state index is 0.0770. The molecular weight excluding hydrogens is 522 g/mol. The Morgan fingerprint density at radius 1 is 1.03 bits per heavy atom. The zero-order chi connectivity index (χ0) is 25.7. The second kappa shape index (κ2) is 11.5. The van der Waals surface area contributed by atoms with Crippen molar-refractivity contribution in [2.24, 2.45) is 0 Å². The van der Waals surface area contributed by atoms with Gasteiger partial charge in [-0.05, 0) is 42.8 Å². The molecule has 0 atom stereocenters. The first-order valence-electron chi connectivity index (χ1n) is 11.4. The van der Waals surface area contributed by atoms with E-state index in [2.05, 4.69) is 5.32 Å². The van der Waals surface area contributed by atoms with E-state index >= 15 is 0 Å². The number of thiophene rings is 1. The van der Waals surface area contributed by atoms with Crippen molar-refractivity contribution in [2.45, 2.75) is 11.8 Å². The quantitative estimate of drug-likeness (QED) is 0.425. The number of anilines is 1.